The molecule has 1 N–H and O–H groups in total. The Bertz CT molecular complexity index is 915. The van der Waals surface area contributed by atoms with E-state index >= 15 is 0 Å². The van der Waals surface area contributed by atoms with Crippen molar-refractivity contribution in [3.05, 3.63) is 59.9 Å². The summed E-state index contributed by atoms with van der Waals surface area (Å²) in [5.74, 6) is -0.404. The maximum absolute atomic E-state index is 13.0. The molecule has 2 rings (SSSR count). The largest absolute Gasteiger partial charge is 0.379 e. The number of nitrogens with zero attached hydrogens (tertiary/aromatic N) is 1. The fraction of sp³-hybridized carbons (Fsp3) is 0.381. The molecule has 0 saturated carbocycles. The molecule has 0 aromatic heterocycles. The Morgan fingerprint density at radius 2 is 1.86 bits per heavy atom. The van der Waals surface area contributed by atoms with E-state index < -0.39 is 15.9 Å². The summed E-state index contributed by atoms with van der Waals surface area (Å²) in [5.41, 5.74) is 0.733. The van der Waals surface area contributed by atoms with E-state index in [0.717, 1.165) is 42.7 Å². The zero-order chi connectivity index (χ0) is 21.4. The molecule has 0 aliphatic carbocycles. The van der Waals surface area contributed by atoms with Gasteiger partial charge in [-0.25, -0.2) is 9.18 Å². The molecule has 0 spiro atoms. The van der Waals surface area contributed by atoms with Gasteiger partial charge in [-0.1, -0.05) is 25.5 Å². The quantitative estimate of drug-likeness (QED) is 0.483. The van der Waals surface area contributed by atoms with Gasteiger partial charge in [-0.05, 0) is 62.2 Å². The van der Waals surface area contributed by atoms with Crippen LogP contribution in [0.5, 0.6) is 5.75 Å². The second-order valence-electron chi connectivity index (χ2n) is 6.95. The van der Waals surface area contributed by atoms with Crippen LogP contribution in [0.2, 0.25) is 0 Å². The number of hydrogen-bond acceptors (Lipinski definition) is 4. The standard InChI is InChI=1S/C21H27FN2O4S/c1-4-5-13-23-21(25)24(16(2)3)15-17-7-6-8-19(14-17)28-29(26,27)20-11-9-18(22)10-12-20/h6-12,14,16H,4-5,13,15H2,1-3H3,(H,23,25). The molecule has 0 aliphatic rings. The Labute approximate surface area is 171 Å². The third-order valence-electron chi connectivity index (χ3n) is 4.25. The smallest absolute Gasteiger partial charge is 0.339 e. The Morgan fingerprint density at radius 1 is 1.17 bits per heavy atom. The van der Waals surface area contributed by atoms with E-state index in [0.29, 0.717) is 13.1 Å². The van der Waals surface area contributed by atoms with Crippen molar-refractivity contribution in [1.82, 2.24) is 10.2 Å². The average molecular weight is 423 g/mol. The molecule has 0 fully saturated rings. The van der Waals surface area contributed by atoms with Crippen LogP contribution in [-0.2, 0) is 16.7 Å². The van der Waals surface area contributed by atoms with Gasteiger partial charge >= 0.3 is 16.1 Å². The molecule has 158 valence electrons. The number of nitrogens with one attached hydrogen (secondary N) is 1. The molecule has 0 saturated heterocycles. The molecule has 2 aromatic rings. The van der Waals surface area contributed by atoms with E-state index in [1.807, 2.05) is 13.8 Å². The number of carbonyl (C=O) groups excluding carboxylic acids is 1. The van der Waals surface area contributed by atoms with Crippen molar-refractivity contribution in [2.24, 2.45) is 0 Å². The van der Waals surface area contributed by atoms with E-state index in [9.17, 15) is 17.6 Å². The molecular formula is C21H27FN2O4S. The van der Waals surface area contributed by atoms with Crippen LogP contribution in [-0.4, -0.2) is 31.9 Å². The van der Waals surface area contributed by atoms with Crippen LogP contribution in [0.3, 0.4) is 0 Å². The van der Waals surface area contributed by atoms with Crippen molar-refractivity contribution in [2.75, 3.05) is 6.54 Å². The van der Waals surface area contributed by atoms with Crippen LogP contribution < -0.4 is 9.50 Å². The number of amides is 2. The van der Waals surface area contributed by atoms with Gasteiger partial charge in [-0.3, -0.25) is 0 Å². The molecule has 2 amide bonds. The lowest BCUT2D eigenvalue weighted by molar-refractivity contribution is 0.179. The fourth-order valence-electron chi connectivity index (χ4n) is 2.63. The maximum atomic E-state index is 13.0. The lowest BCUT2D eigenvalue weighted by Gasteiger charge is -2.27. The predicted molar refractivity (Wildman–Crippen MR) is 110 cm³/mol. The van der Waals surface area contributed by atoms with Gasteiger partial charge < -0.3 is 14.4 Å². The molecule has 0 atom stereocenters. The number of halogens is 1. The molecule has 6 nitrogen and oxygen atoms in total. The Morgan fingerprint density at radius 3 is 2.48 bits per heavy atom. The van der Waals surface area contributed by atoms with Gasteiger partial charge in [0, 0.05) is 19.1 Å². The summed E-state index contributed by atoms with van der Waals surface area (Å²) in [6.07, 6.45) is 1.89. The van der Waals surface area contributed by atoms with Gasteiger partial charge in [0.05, 0.1) is 0 Å². The third kappa shape index (κ3) is 6.74. The minimum Gasteiger partial charge on any atom is -0.379 e. The van der Waals surface area contributed by atoms with Gasteiger partial charge in [0.15, 0.2) is 0 Å². The summed E-state index contributed by atoms with van der Waals surface area (Å²) in [5, 5.41) is 2.89. The highest BCUT2D eigenvalue weighted by molar-refractivity contribution is 7.87. The minimum atomic E-state index is -4.08. The number of hydrogen-bond donors (Lipinski definition) is 1. The number of unbranched alkanes of at least 4 members (excludes halogenated alkanes) is 1. The van der Waals surface area contributed by atoms with Crippen LogP contribution >= 0.6 is 0 Å². The van der Waals surface area contributed by atoms with Crippen molar-refractivity contribution in [2.45, 2.75) is 51.1 Å². The number of carbonyl (C=O) groups is 1. The lowest BCUT2D eigenvalue weighted by atomic mass is 10.2. The van der Waals surface area contributed by atoms with E-state index in [1.54, 1.807) is 23.1 Å². The van der Waals surface area contributed by atoms with Crippen molar-refractivity contribution in [3.63, 3.8) is 0 Å². The summed E-state index contributed by atoms with van der Waals surface area (Å²) in [6.45, 7) is 6.80. The second-order valence-corrected chi connectivity index (χ2v) is 8.49. The number of rotatable bonds is 9. The van der Waals surface area contributed by atoms with Crippen LogP contribution in [0.1, 0.15) is 39.2 Å². The highest BCUT2D eigenvalue weighted by Gasteiger charge is 2.19. The third-order valence-corrected chi connectivity index (χ3v) is 5.51. The van der Waals surface area contributed by atoms with Crippen LogP contribution in [0.15, 0.2) is 53.4 Å². The second kappa shape index (κ2) is 10.2. The van der Waals surface area contributed by atoms with Gasteiger partial charge in [-0.15, -0.1) is 0 Å². The summed E-state index contributed by atoms with van der Waals surface area (Å²) in [7, 11) is -4.08. The van der Waals surface area contributed by atoms with Gasteiger partial charge in [0.2, 0.25) is 0 Å². The normalized spacial score (nSPS) is 11.3. The number of urea groups is 1. The van der Waals surface area contributed by atoms with Gasteiger partial charge in [0.1, 0.15) is 16.5 Å². The predicted octanol–water partition coefficient (Wildman–Crippen LogP) is 4.31. The maximum Gasteiger partial charge on any atom is 0.339 e. The molecule has 0 radical (unpaired) electrons. The molecule has 0 unspecified atom stereocenters. The summed E-state index contributed by atoms with van der Waals surface area (Å²) in [4.78, 5) is 14.0. The number of benzene rings is 2. The Balaban J connectivity index is 2.13. The summed E-state index contributed by atoms with van der Waals surface area (Å²) >= 11 is 0. The monoisotopic (exact) mass is 422 g/mol. The van der Waals surface area contributed by atoms with Gasteiger partial charge in [0.25, 0.3) is 0 Å². The molecule has 0 aliphatic heterocycles. The zero-order valence-corrected chi connectivity index (χ0v) is 17.7. The van der Waals surface area contributed by atoms with E-state index in [-0.39, 0.29) is 22.7 Å². The lowest BCUT2D eigenvalue weighted by Crippen LogP contribution is -2.43. The first-order valence-corrected chi connectivity index (χ1v) is 11.0. The van der Waals surface area contributed by atoms with E-state index in [1.165, 1.54) is 6.07 Å². The summed E-state index contributed by atoms with van der Waals surface area (Å²) < 4.78 is 43.0. The van der Waals surface area contributed by atoms with Gasteiger partial charge in [-0.2, -0.15) is 8.42 Å². The molecule has 0 bridgehead atoms. The molecule has 29 heavy (non-hydrogen) atoms. The first-order chi connectivity index (χ1) is 13.7. The van der Waals surface area contributed by atoms with E-state index in [2.05, 4.69) is 12.2 Å². The topological polar surface area (TPSA) is 75.7 Å². The van der Waals surface area contributed by atoms with Crippen LogP contribution in [0, 0.1) is 5.82 Å². The SMILES string of the molecule is CCCCNC(=O)N(Cc1cccc(OS(=O)(=O)c2ccc(F)cc2)c1)C(C)C. The highest BCUT2D eigenvalue weighted by atomic mass is 32.2. The van der Waals surface area contributed by atoms with Crippen molar-refractivity contribution < 1.29 is 21.8 Å². The van der Waals surface area contributed by atoms with Crippen LogP contribution in [0.25, 0.3) is 0 Å². The zero-order valence-electron chi connectivity index (χ0n) is 16.9. The van der Waals surface area contributed by atoms with E-state index in [4.69, 9.17) is 4.18 Å². The Kier molecular flexibility index (Phi) is 8.01. The van der Waals surface area contributed by atoms with Crippen molar-refractivity contribution in [3.8, 4) is 5.75 Å². The molecule has 2 aromatic carbocycles. The molecule has 0 heterocycles. The summed E-state index contributed by atoms with van der Waals surface area (Å²) in [6, 6.07) is 10.8. The molecular weight excluding hydrogens is 395 g/mol. The Hall–Kier alpha value is -2.61. The first kappa shape index (κ1) is 22.7. The first-order valence-electron chi connectivity index (χ1n) is 9.56. The molecule has 8 heteroatoms. The minimum absolute atomic E-state index is 0.0378. The van der Waals surface area contributed by atoms with Crippen LogP contribution in [0.4, 0.5) is 9.18 Å². The van der Waals surface area contributed by atoms with Crippen molar-refractivity contribution >= 4 is 16.1 Å². The highest BCUT2D eigenvalue weighted by Crippen LogP contribution is 2.21. The average Bonchev–Trinajstić information content (AvgIpc) is 2.66. The van der Waals surface area contributed by atoms with Crippen molar-refractivity contribution in [1.29, 1.82) is 0 Å². The fourth-order valence-corrected chi connectivity index (χ4v) is 3.55.